The van der Waals surface area contributed by atoms with Crippen molar-refractivity contribution in [3.8, 4) is 0 Å². The van der Waals surface area contributed by atoms with E-state index >= 15 is 0 Å². The van der Waals surface area contributed by atoms with Crippen molar-refractivity contribution >= 4 is 5.97 Å². The van der Waals surface area contributed by atoms with E-state index in [0.29, 0.717) is 6.61 Å². The van der Waals surface area contributed by atoms with E-state index in [9.17, 15) is 4.79 Å². The van der Waals surface area contributed by atoms with E-state index in [-0.39, 0.29) is 11.9 Å². The molecule has 1 aromatic rings. The third kappa shape index (κ3) is 5.32. The van der Waals surface area contributed by atoms with Crippen molar-refractivity contribution in [3.63, 3.8) is 0 Å². The van der Waals surface area contributed by atoms with Crippen LogP contribution < -0.4 is 0 Å². The van der Waals surface area contributed by atoms with Gasteiger partial charge in [0.15, 0.2) is 0 Å². The Hall–Kier alpha value is -1.57. The third-order valence-corrected chi connectivity index (χ3v) is 4.51. The van der Waals surface area contributed by atoms with Crippen LogP contribution in [-0.4, -0.2) is 12.6 Å². The number of allylic oxidation sites excluding steroid dienone is 2. The Morgan fingerprint density at radius 3 is 2.59 bits per heavy atom. The van der Waals surface area contributed by atoms with Gasteiger partial charge in [-0.2, -0.15) is 0 Å². The number of hydrogen-bond donors (Lipinski definition) is 0. The molecular weight excluding hydrogens is 272 g/mol. The highest BCUT2D eigenvalue weighted by atomic mass is 16.5. The molecule has 22 heavy (non-hydrogen) atoms. The first-order valence-electron chi connectivity index (χ1n) is 8.67. The molecule has 1 saturated carbocycles. The first-order chi connectivity index (χ1) is 10.8. The smallest absolute Gasteiger partial charge is 0.313 e. The van der Waals surface area contributed by atoms with Crippen LogP contribution in [0.15, 0.2) is 42.5 Å². The van der Waals surface area contributed by atoms with Crippen LogP contribution in [0.25, 0.3) is 0 Å². The number of rotatable bonds is 7. The third-order valence-electron chi connectivity index (χ3n) is 4.51. The zero-order valence-electron chi connectivity index (χ0n) is 13.7. The second-order valence-corrected chi connectivity index (χ2v) is 6.16. The van der Waals surface area contributed by atoms with Gasteiger partial charge >= 0.3 is 5.97 Å². The van der Waals surface area contributed by atoms with Crippen molar-refractivity contribution < 1.29 is 9.53 Å². The number of carbonyl (C=O) groups excluding carboxylic acids is 1. The van der Waals surface area contributed by atoms with E-state index in [2.05, 4.69) is 12.2 Å². The summed E-state index contributed by atoms with van der Waals surface area (Å²) in [7, 11) is 0. The summed E-state index contributed by atoms with van der Waals surface area (Å²) in [6.45, 7) is 2.30. The Morgan fingerprint density at radius 2 is 1.91 bits per heavy atom. The fraction of sp³-hybridized carbons (Fsp3) is 0.550. The van der Waals surface area contributed by atoms with Gasteiger partial charge in [0.2, 0.25) is 0 Å². The first-order valence-corrected chi connectivity index (χ1v) is 8.67. The van der Waals surface area contributed by atoms with Crippen molar-refractivity contribution in [1.29, 1.82) is 0 Å². The predicted molar refractivity (Wildman–Crippen MR) is 90.8 cm³/mol. The molecule has 1 aliphatic rings. The fourth-order valence-corrected chi connectivity index (χ4v) is 3.24. The summed E-state index contributed by atoms with van der Waals surface area (Å²) in [5.41, 5.74) is 1.04. The highest BCUT2D eigenvalue weighted by Gasteiger charge is 2.20. The maximum Gasteiger partial charge on any atom is 0.313 e. The summed E-state index contributed by atoms with van der Waals surface area (Å²) in [5, 5.41) is 0. The Balaban J connectivity index is 1.90. The van der Waals surface area contributed by atoms with Crippen LogP contribution >= 0.6 is 0 Å². The molecule has 120 valence electrons. The van der Waals surface area contributed by atoms with Gasteiger partial charge in [-0.15, -0.1) is 0 Å². The fourth-order valence-electron chi connectivity index (χ4n) is 3.24. The molecule has 1 aliphatic carbocycles. The predicted octanol–water partition coefficient (Wildman–Crippen LogP) is 5.25. The molecule has 0 radical (unpaired) electrons. The van der Waals surface area contributed by atoms with Crippen LogP contribution in [0.1, 0.15) is 63.4 Å². The van der Waals surface area contributed by atoms with Gasteiger partial charge in [-0.05, 0) is 31.2 Å². The van der Waals surface area contributed by atoms with Crippen LogP contribution in [0.4, 0.5) is 0 Å². The van der Waals surface area contributed by atoms with E-state index in [1.807, 2.05) is 37.3 Å². The topological polar surface area (TPSA) is 26.3 Å². The Kier molecular flexibility index (Phi) is 7.21. The Morgan fingerprint density at radius 1 is 1.18 bits per heavy atom. The van der Waals surface area contributed by atoms with Crippen molar-refractivity contribution in [2.24, 2.45) is 5.92 Å². The lowest BCUT2D eigenvalue weighted by molar-refractivity contribution is -0.144. The number of benzene rings is 1. The molecule has 1 unspecified atom stereocenters. The molecule has 1 aromatic carbocycles. The summed E-state index contributed by atoms with van der Waals surface area (Å²) in [4.78, 5) is 12.2. The summed E-state index contributed by atoms with van der Waals surface area (Å²) in [6, 6.07) is 9.96. The maximum absolute atomic E-state index is 12.2. The zero-order chi connectivity index (χ0) is 15.6. The van der Waals surface area contributed by atoms with Crippen molar-refractivity contribution in [1.82, 2.24) is 0 Å². The van der Waals surface area contributed by atoms with Gasteiger partial charge in [0.1, 0.15) is 0 Å². The zero-order valence-corrected chi connectivity index (χ0v) is 13.7. The van der Waals surface area contributed by atoms with Gasteiger partial charge < -0.3 is 4.74 Å². The number of carbonyl (C=O) groups is 1. The van der Waals surface area contributed by atoms with Crippen LogP contribution in [0.2, 0.25) is 0 Å². The molecule has 0 N–H and O–H groups in total. The quantitative estimate of drug-likeness (QED) is 0.508. The molecule has 0 saturated heterocycles. The highest BCUT2D eigenvalue weighted by Crippen LogP contribution is 2.27. The second kappa shape index (κ2) is 9.45. The molecule has 0 aromatic heterocycles. The van der Waals surface area contributed by atoms with E-state index in [1.54, 1.807) is 0 Å². The standard InChI is InChI=1S/C20H28O2/c1-2-22-20(21)19(18-14-7-4-8-15-18)16-10-9-13-17-11-5-3-6-12-17/h4,7-10,14-15,17,19H,2-3,5-6,11-13,16H2,1H3/b10-9+. The van der Waals surface area contributed by atoms with Gasteiger partial charge in [-0.3, -0.25) is 4.79 Å². The van der Waals surface area contributed by atoms with E-state index < -0.39 is 0 Å². The minimum Gasteiger partial charge on any atom is -0.466 e. The molecule has 1 fully saturated rings. The molecule has 0 spiro atoms. The minimum absolute atomic E-state index is 0.115. The van der Waals surface area contributed by atoms with Crippen LogP contribution in [0.3, 0.4) is 0 Å². The van der Waals surface area contributed by atoms with Gasteiger partial charge in [0.25, 0.3) is 0 Å². The molecular formula is C20H28O2. The van der Waals surface area contributed by atoms with Gasteiger partial charge in [0, 0.05) is 0 Å². The monoisotopic (exact) mass is 300 g/mol. The van der Waals surface area contributed by atoms with Crippen LogP contribution in [0.5, 0.6) is 0 Å². The minimum atomic E-state index is -0.177. The van der Waals surface area contributed by atoms with Gasteiger partial charge in [0.05, 0.1) is 12.5 Å². The first kappa shape index (κ1) is 16.8. The van der Waals surface area contributed by atoms with Crippen molar-refractivity contribution in [2.45, 2.75) is 57.8 Å². The van der Waals surface area contributed by atoms with E-state index in [1.165, 1.54) is 32.1 Å². The van der Waals surface area contributed by atoms with E-state index in [0.717, 1.165) is 24.3 Å². The molecule has 2 nitrogen and oxygen atoms in total. The molecule has 0 bridgehead atoms. The van der Waals surface area contributed by atoms with Crippen LogP contribution in [0, 0.1) is 5.92 Å². The van der Waals surface area contributed by atoms with Gasteiger partial charge in [-0.25, -0.2) is 0 Å². The SMILES string of the molecule is CCOC(=O)C(C/C=C/CC1CCCCC1)c1ccccc1. The largest absolute Gasteiger partial charge is 0.466 e. The number of esters is 1. The van der Waals surface area contributed by atoms with E-state index in [4.69, 9.17) is 4.74 Å². The molecule has 2 rings (SSSR count). The average molecular weight is 300 g/mol. The number of hydrogen-bond acceptors (Lipinski definition) is 2. The Labute approximate surface area is 134 Å². The lowest BCUT2D eigenvalue weighted by Gasteiger charge is -2.19. The molecule has 1 atom stereocenters. The molecule has 0 heterocycles. The molecule has 0 amide bonds. The maximum atomic E-state index is 12.2. The average Bonchev–Trinajstić information content (AvgIpc) is 2.57. The lowest BCUT2D eigenvalue weighted by Crippen LogP contribution is -2.15. The Bertz CT molecular complexity index is 458. The second-order valence-electron chi connectivity index (χ2n) is 6.16. The van der Waals surface area contributed by atoms with Crippen LogP contribution in [-0.2, 0) is 9.53 Å². The highest BCUT2D eigenvalue weighted by molar-refractivity contribution is 5.78. The number of ether oxygens (including phenoxy) is 1. The van der Waals surface area contributed by atoms with Crippen molar-refractivity contribution in [3.05, 3.63) is 48.0 Å². The summed E-state index contributed by atoms with van der Waals surface area (Å²) >= 11 is 0. The summed E-state index contributed by atoms with van der Waals surface area (Å²) in [5.74, 6) is 0.558. The lowest BCUT2D eigenvalue weighted by atomic mass is 9.86. The van der Waals surface area contributed by atoms with Crippen molar-refractivity contribution in [2.75, 3.05) is 6.61 Å². The summed E-state index contributed by atoms with van der Waals surface area (Å²) in [6.07, 6.45) is 13.2. The summed E-state index contributed by atoms with van der Waals surface area (Å²) < 4.78 is 5.23. The molecule has 2 heteroatoms. The van der Waals surface area contributed by atoms with Gasteiger partial charge in [-0.1, -0.05) is 74.6 Å². The normalized spacial score (nSPS) is 17.5. The molecule has 0 aliphatic heterocycles.